The molecule has 1 N–H and O–H groups in total. The fraction of sp³-hybridized carbons (Fsp3) is 0.231. The highest BCUT2D eigenvalue weighted by atomic mass is 16.5. The highest BCUT2D eigenvalue weighted by Gasteiger charge is 2.27. The molecule has 0 bridgehead atoms. The van der Waals surface area contributed by atoms with Crippen LogP contribution in [0.4, 0.5) is 5.69 Å². The molecule has 2 amide bonds. The van der Waals surface area contributed by atoms with Crippen molar-refractivity contribution in [2.45, 2.75) is 12.8 Å². The van der Waals surface area contributed by atoms with Gasteiger partial charge in [-0.2, -0.15) is 0 Å². The highest BCUT2D eigenvalue weighted by molar-refractivity contribution is 5.92. The number of rotatable bonds is 6. The largest absolute Gasteiger partial charge is 0.484 e. The van der Waals surface area contributed by atoms with Crippen LogP contribution in [-0.4, -0.2) is 36.4 Å². The van der Waals surface area contributed by atoms with Gasteiger partial charge in [0, 0.05) is 24.7 Å². The first-order chi connectivity index (χ1) is 15.2. The fourth-order valence-electron chi connectivity index (χ4n) is 3.77. The molecule has 0 unspecified atom stereocenters. The zero-order chi connectivity index (χ0) is 21.5. The Bertz CT molecular complexity index is 996. The Morgan fingerprint density at radius 3 is 2.03 bits per heavy atom. The maximum absolute atomic E-state index is 12.5. The molecule has 1 aliphatic heterocycles. The summed E-state index contributed by atoms with van der Waals surface area (Å²) in [6.45, 7) is 1.15. The third-order valence-corrected chi connectivity index (χ3v) is 5.58. The number of nitrogens with one attached hydrogen (secondary N) is 1. The first-order valence-electron chi connectivity index (χ1n) is 10.6. The molecule has 0 spiro atoms. The number of hydrogen-bond donors (Lipinski definition) is 1. The number of benzene rings is 3. The molecule has 0 saturated carbocycles. The minimum atomic E-state index is -0.0734. The Kier molecular flexibility index (Phi) is 6.62. The van der Waals surface area contributed by atoms with Crippen molar-refractivity contribution < 1.29 is 14.3 Å². The van der Waals surface area contributed by atoms with Crippen LogP contribution in [0.15, 0.2) is 84.9 Å². The molecule has 1 heterocycles. The molecule has 1 aliphatic rings. The lowest BCUT2D eigenvalue weighted by Crippen LogP contribution is -2.43. The first-order valence-corrected chi connectivity index (χ1v) is 10.6. The van der Waals surface area contributed by atoms with Crippen molar-refractivity contribution in [3.05, 3.63) is 84.9 Å². The molecule has 4 rings (SSSR count). The number of carbonyl (C=O) groups is 2. The average Bonchev–Trinajstić information content (AvgIpc) is 2.84. The molecule has 0 aliphatic carbocycles. The Hall–Kier alpha value is -3.60. The molecule has 3 aromatic rings. The Morgan fingerprint density at radius 2 is 1.39 bits per heavy atom. The maximum Gasteiger partial charge on any atom is 0.260 e. The molecule has 31 heavy (non-hydrogen) atoms. The van der Waals surface area contributed by atoms with Crippen LogP contribution < -0.4 is 10.1 Å². The third-order valence-electron chi connectivity index (χ3n) is 5.58. The lowest BCUT2D eigenvalue weighted by Gasteiger charge is -2.31. The Morgan fingerprint density at radius 1 is 0.806 bits per heavy atom. The number of amides is 2. The molecule has 5 heteroatoms. The van der Waals surface area contributed by atoms with Crippen molar-refractivity contribution in [1.82, 2.24) is 4.90 Å². The van der Waals surface area contributed by atoms with Gasteiger partial charge in [-0.1, -0.05) is 60.7 Å². The number of hydrogen-bond acceptors (Lipinski definition) is 3. The van der Waals surface area contributed by atoms with Gasteiger partial charge in [0.1, 0.15) is 5.75 Å². The van der Waals surface area contributed by atoms with Crippen molar-refractivity contribution in [2.75, 3.05) is 25.0 Å². The number of anilines is 1. The highest BCUT2D eigenvalue weighted by Crippen LogP contribution is 2.23. The van der Waals surface area contributed by atoms with E-state index in [1.807, 2.05) is 72.8 Å². The monoisotopic (exact) mass is 414 g/mol. The smallest absolute Gasteiger partial charge is 0.260 e. The van der Waals surface area contributed by atoms with Gasteiger partial charge >= 0.3 is 0 Å². The van der Waals surface area contributed by atoms with Crippen LogP contribution in [0.25, 0.3) is 11.1 Å². The lowest BCUT2D eigenvalue weighted by atomic mass is 9.95. The van der Waals surface area contributed by atoms with E-state index in [0.717, 1.165) is 16.8 Å². The van der Waals surface area contributed by atoms with E-state index in [1.54, 1.807) is 4.90 Å². The number of piperidine rings is 1. The summed E-state index contributed by atoms with van der Waals surface area (Å²) < 4.78 is 5.69. The van der Waals surface area contributed by atoms with Crippen LogP contribution in [0.5, 0.6) is 5.75 Å². The normalized spacial score (nSPS) is 14.1. The van der Waals surface area contributed by atoms with Gasteiger partial charge in [-0.15, -0.1) is 0 Å². The third kappa shape index (κ3) is 5.51. The fourth-order valence-corrected chi connectivity index (χ4v) is 3.77. The van der Waals surface area contributed by atoms with Gasteiger partial charge in [-0.25, -0.2) is 0 Å². The second-order valence-electron chi connectivity index (χ2n) is 7.69. The van der Waals surface area contributed by atoms with Gasteiger partial charge in [-0.3, -0.25) is 9.59 Å². The lowest BCUT2D eigenvalue weighted by molar-refractivity contribution is -0.136. The molecule has 1 fully saturated rings. The van der Waals surface area contributed by atoms with E-state index in [-0.39, 0.29) is 24.3 Å². The number of para-hydroxylation sites is 1. The van der Waals surface area contributed by atoms with Crippen molar-refractivity contribution in [2.24, 2.45) is 5.92 Å². The number of carbonyl (C=O) groups excluding carboxylic acids is 2. The van der Waals surface area contributed by atoms with Crippen molar-refractivity contribution in [3.8, 4) is 16.9 Å². The first kappa shape index (κ1) is 20.7. The van der Waals surface area contributed by atoms with Crippen LogP contribution in [0.2, 0.25) is 0 Å². The van der Waals surface area contributed by atoms with Crippen LogP contribution in [0, 0.1) is 5.92 Å². The average molecular weight is 415 g/mol. The standard InChI is InChI=1S/C26H26N2O3/c29-25(19-31-24-13-11-21(12-14-24)20-7-3-1-4-8-20)28-17-15-22(16-18-28)26(30)27-23-9-5-2-6-10-23/h1-14,22H,15-19H2,(H,27,30). The SMILES string of the molecule is O=C(Nc1ccccc1)C1CCN(C(=O)COc2ccc(-c3ccccc3)cc2)CC1. The van der Waals surface area contributed by atoms with Gasteiger partial charge in [-0.05, 0) is 48.2 Å². The quantitative estimate of drug-likeness (QED) is 0.641. The summed E-state index contributed by atoms with van der Waals surface area (Å²) in [6, 6.07) is 27.3. The van der Waals surface area contributed by atoms with Crippen LogP contribution in [0.3, 0.4) is 0 Å². The van der Waals surface area contributed by atoms with Gasteiger partial charge in [0.15, 0.2) is 6.61 Å². The predicted molar refractivity (Wildman–Crippen MR) is 122 cm³/mol. The second-order valence-corrected chi connectivity index (χ2v) is 7.69. The van der Waals surface area contributed by atoms with Crippen molar-refractivity contribution in [1.29, 1.82) is 0 Å². The number of ether oxygens (including phenoxy) is 1. The summed E-state index contributed by atoms with van der Waals surface area (Å²) in [7, 11) is 0. The molecular weight excluding hydrogens is 388 g/mol. The minimum Gasteiger partial charge on any atom is -0.484 e. The van der Waals surface area contributed by atoms with E-state index >= 15 is 0 Å². The van der Waals surface area contributed by atoms with Crippen molar-refractivity contribution >= 4 is 17.5 Å². The van der Waals surface area contributed by atoms with Gasteiger partial charge in [0.25, 0.3) is 5.91 Å². The van der Waals surface area contributed by atoms with Gasteiger partial charge < -0.3 is 15.0 Å². The van der Waals surface area contributed by atoms with E-state index in [9.17, 15) is 9.59 Å². The molecule has 158 valence electrons. The summed E-state index contributed by atoms with van der Waals surface area (Å²) in [5.41, 5.74) is 3.05. The molecule has 3 aromatic carbocycles. The van der Waals surface area contributed by atoms with E-state index in [0.29, 0.717) is 31.7 Å². The zero-order valence-electron chi connectivity index (χ0n) is 17.4. The Balaban J connectivity index is 1.22. The predicted octanol–water partition coefficient (Wildman–Crippen LogP) is 4.61. The second kappa shape index (κ2) is 9.94. The number of likely N-dealkylation sites (tertiary alicyclic amines) is 1. The van der Waals surface area contributed by atoms with Gasteiger partial charge in [0.05, 0.1) is 0 Å². The summed E-state index contributed by atoms with van der Waals surface area (Å²) in [6.07, 6.45) is 1.33. The van der Waals surface area contributed by atoms with E-state index in [2.05, 4.69) is 17.4 Å². The molecule has 0 radical (unpaired) electrons. The van der Waals surface area contributed by atoms with Crippen LogP contribution in [-0.2, 0) is 9.59 Å². The van der Waals surface area contributed by atoms with Gasteiger partial charge in [0.2, 0.25) is 5.91 Å². The molecule has 0 atom stereocenters. The molecular formula is C26H26N2O3. The summed E-state index contributed by atoms with van der Waals surface area (Å²) in [4.78, 5) is 26.8. The summed E-state index contributed by atoms with van der Waals surface area (Å²) in [5.74, 6) is 0.572. The van der Waals surface area contributed by atoms with Crippen molar-refractivity contribution in [3.63, 3.8) is 0 Å². The van der Waals surface area contributed by atoms with E-state index < -0.39 is 0 Å². The zero-order valence-corrected chi connectivity index (χ0v) is 17.4. The molecule has 5 nitrogen and oxygen atoms in total. The number of nitrogens with zero attached hydrogens (tertiary/aromatic N) is 1. The Labute approximate surface area is 182 Å². The topological polar surface area (TPSA) is 58.6 Å². The molecule has 0 aromatic heterocycles. The van der Waals surface area contributed by atoms with E-state index in [1.165, 1.54) is 0 Å². The van der Waals surface area contributed by atoms with Crippen LogP contribution >= 0.6 is 0 Å². The van der Waals surface area contributed by atoms with E-state index in [4.69, 9.17) is 4.74 Å². The summed E-state index contributed by atoms with van der Waals surface area (Å²) in [5, 5.41) is 2.95. The van der Waals surface area contributed by atoms with Crippen LogP contribution in [0.1, 0.15) is 12.8 Å². The maximum atomic E-state index is 12.5. The minimum absolute atomic E-state index is 0.00552. The summed E-state index contributed by atoms with van der Waals surface area (Å²) >= 11 is 0. The molecule has 1 saturated heterocycles.